The van der Waals surface area contributed by atoms with Crippen LogP contribution in [0.15, 0.2) is 72.8 Å². The molecular weight excluding hydrogens is 609 g/mol. The first-order valence-corrected chi connectivity index (χ1v) is 16.9. The minimum Gasteiger partial charge on any atom is -0.489 e. The first-order chi connectivity index (χ1) is 20.6. The Morgan fingerprint density at radius 3 is 2.16 bits per heavy atom. The van der Waals surface area contributed by atoms with Crippen molar-refractivity contribution in [1.29, 1.82) is 0 Å². The Balaban J connectivity index is 1.58. The molecule has 230 valence electrons. The Morgan fingerprint density at radius 1 is 0.953 bits per heavy atom. The summed E-state index contributed by atoms with van der Waals surface area (Å²) in [5.41, 5.74) is 1.77. The van der Waals surface area contributed by atoms with E-state index in [-0.39, 0.29) is 18.5 Å². The molecule has 1 aliphatic rings. The number of nitrogens with zero attached hydrogens (tertiary/aromatic N) is 2. The van der Waals surface area contributed by atoms with Crippen LogP contribution in [0.2, 0.25) is 10.0 Å². The number of ether oxygens (including phenoxy) is 1. The molecule has 0 saturated heterocycles. The van der Waals surface area contributed by atoms with E-state index in [4.69, 9.17) is 27.9 Å². The maximum absolute atomic E-state index is 14.0. The summed E-state index contributed by atoms with van der Waals surface area (Å²) in [5, 5.41) is 3.78. The van der Waals surface area contributed by atoms with Crippen molar-refractivity contribution in [1.82, 2.24) is 10.2 Å². The second kappa shape index (κ2) is 14.9. The van der Waals surface area contributed by atoms with Gasteiger partial charge in [-0.15, -0.1) is 0 Å². The number of benzene rings is 3. The van der Waals surface area contributed by atoms with Gasteiger partial charge in [0.05, 0.1) is 11.9 Å². The molecule has 3 aromatic carbocycles. The molecule has 8 nitrogen and oxygen atoms in total. The van der Waals surface area contributed by atoms with E-state index in [0.717, 1.165) is 41.8 Å². The molecule has 1 saturated carbocycles. The van der Waals surface area contributed by atoms with Crippen LogP contribution in [0.5, 0.6) is 5.75 Å². The van der Waals surface area contributed by atoms with Gasteiger partial charge in [0.2, 0.25) is 21.8 Å². The Kier molecular flexibility index (Phi) is 11.3. The van der Waals surface area contributed by atoms with Crippen molar-refractivity contribution in [3.63, 3.8) is 0 Å². The highest BCUT2D eigenvalue weighted by Gasteiger charge is 2.33. The lowest BCUT2D eigenvalue weighted by atomic mass is 10.1. The molecule has 0 spiro atoms. The Hall–Kier alpha value is -3.27. The fourth-order valence-corrected chi connectivity index (χ4v) is 6.57. The van der Waals surface area contributed by atoms with Gasteiger partial charge >= 0.3 is 0 Å². The SMILES string of the molecule is CC[C@@H](C(=O)NC1CCCC1)N(Cc1c(Cl)cccc1Cl)C(=O)CN(c1ccc(OCc2ccccc2)cc1)S(C)(=O)=O. The van der Waals surface area contributed by atoms with Gasteiger partial charge in [0, 0.05) is 28.2 Å². The monoisotopic (exact) mass is 645 g/mol. The second-order valence-electron chi connectivity index (χ2n) is 10.7. The molecule has 0 heterocycles. The van der Waals surface area contributed by atoms with Gasteiger partial charge in [-0.1, -0.05) is 79.4 Å². The number of nitrogens with one attached hydrogen (secondary N) is 1. The number of carbonyl (C=O) groups is 2. The van der Waals surface area contributed by atoms with Gasteiger partial charge in [0.25, 0.3) is 0 Å². The van der Waals surface area contributed by atoms with Crippen LogP contribution in [0.4, 0.5) is 5.69 Å². The summed E-state index contributed by atoms with van der Waals surface area (Å²) in [6.07, 6.45) is 5.22. The third-order valence-corrected chi connectivity index (χ3v) is 9.38. The zero-order chi connectivity index (χ0) is 31.0. The maximum Gasteiger partial charge on any atom is 0.244 e. The van der Waals surface area contributed by atoms with E-state index in [1.54, 1.807) is 42.5 Å². The van der Waals surface area contributed by atoms with Crippen LogP contribution in [0.25, 0.3) is 0 Å². The van der Waals surface area contributed by atoms with E-state index >= 15 is 0 Å². The summed E-state index contributed by atoms with van der Waals surface area (Å²) in [5.74, 6) is -0.284. The third kappa shape index (κ3) is 8.87. The number of carbonyl (C=O) groups excluding carboxylic acids is 2. The van der Waals surface area contributed by atoms with Crippen LogP contribution in [0, 0.1) is 0 Å². The molecule has 1 atom stereocenters. The molecular formula is C32H37Cl2N3O5S. The number of amides is 2. The van der Waals surface area contributed by atoms with Crippen molar-refractivity contribution in [3.05, 3.63) is 94.0 Å². The van der Waals surface area contributed by atoms with Gasteiger partial charge in [0.15, 0.2) is 0 Å². The Labute approximate surface area is 264 Å². The molecule has 1 fully saturated rings. The second-order valence-corrected chi connectivity index (χ2v) is 13.4. The number of anilines is 1. The number of hydrogen-bond donors (Lipinski definition) is 1. The zero-order valence-corrected chi connectivity index (χ0v) is 26.7. The van der Waals surface area contributed by atoms with E-state index in [9.17, 15) is 18.0 Å². The summed E-state index contributed by atoms with van der Waals surface area (Å²) in [6, 6.07) is 20.4. The number of sulfonamides is 1. The highest BCUT2D eigenvalue weighted by Crippen LogP contribution is 2.28. The van der Waals surface area contributed by atoms with Gasteiger partial charge in [-0.05, 0) is 61.2 Å². The molecule has 1 N–H and O–H groups in total. The van der Waals surface area contributed by atoms with Crippen molar-refractivity contribution < 1.29 is 22.7 Å². The predicted octanol–water partition coefficient (Wildman–Crippen LogP) is 6.20. The minimum atomic E-state index is -3.88. The van der Waals surface area contributed by atoms with E-state index in [0.29, 0.717) is 40.1 Å². The Morgan fingerprint density at radius 2 is 1.58 bits per heavy atom. The first-order valence-electron chi connectivity index (χ1n) is 14.3. The largest absolute Gasteiger partial charge is 0.489 e. The summed E-state index contributed by atoms with van der Waals surface area (Å²) >= 11 is 12.9. The third-order valence-electron chi connectivity index (χ3n) is 7.53. The van der Waals surface area contributed by atoms with Crippen LogP contribution >= 0.6 is 23.2 Å². The van der Waals surface area contributed by atoms with Crippen molar-refractivity contribution in [2.75, 3.05) is 17.1 Å². The molecule has 43 heavy (non-hydrogen) atoms. The molecule has 3 aromatic rings. The highest BCUT2D eigenvalue weighted by atomic mass is 35.5. The van der Waals surface area contributed by atoms with Gasteiger partial charge in [0.1, 0.15) is 24.9 Å². The van der Waals surface area contributed by atoms with Crippen molar-refractivity contribution in [3.8, 4) is 5.75 Å². The number of rotatable bonds is 13. The van der Waals surface area contributed by atoms with Crippen molar-refractivity contribution >= 4 is 50.7 Å². The predicted molar refractivity (Wildman–Crippen MR) is 171 cm³/mol. The molecule has 2 amide bonds. The Bertz CT molecular complexity index is 1480. The molecule has 4 rings (SSSR count). The lowest BCUT2D eigenvalue weighted by Crippen LogP contribution is -2.53. The first kappa shape index (κ1) is 32.6. The van der Waals surface area contributed by atoms with Crippen LogP contribution < -0.4 is 14.4 Å². The van der Waals surface area contributed by atoms with Gasteiger partial charge in [-0.25, -0.2) is 8.42 Å². The summed E-state index contributed by atoms with van der Waals surface area (Å²) in [6.45, 7) is 1.60. The normalized spacial score (nSPS) is 14.2. The lowest BCUT2D eigenvalue weighted by molar-refractivity contribution is -0.140. The molecule has 0 unspecified atom stereocenters. The number of halogens is 2. The van der Waals surface area contributed by atoms with Crippen LogP contribution in [-0.4, -0.2) is 50.0 Å². The smallest absolute Gasteiger partial charge is 0.244 e. The number of hydrogen-bond acceptors (Lipinski definition) is 5. The average molecular weight is 647 g/mol. The average Bonchev–Trinajstić information content (AvgIpc) is 3.49. The summed E-state index contributed by atoms with van der Waals surface area (Å²) in [7, 11) is -3.88. The van der Waals surface area contributed by atoms with Crippen molar-refractivity contribution in [2.24, 2.45) is 0 Å². The van der Waals surface area contributed by atoms with E-state index in [1.165, 1.54) is 4.90 Å². The van der Waals surface area contributed by atoms with Crippen LogP contribution in [0.3, 0.4) is 0 Å². The molecule has 11 heteroatoms. The summed E-state index contributed by atoms with van der Waals surface area (Å²) < 4.78 is 32.8. The molecule has 0 bridgehead atoms. The van der Waals surface area contributed by atoms with Gasteiger partial charge < -0.3 is 15.0 Å². The fourth-order valence-electron chi connectivity index (χ4n) is 5.20. The molecule has 0 aliphatic heterocycles. The fraction of sp³-hybridized carbons (Fsp3) is 0.375. The molecule has 0 radical (unpaired) electrons. The van der Waals surface area contributed by atoms with Crippen molar-refractivity contribution in [2.45, 2.75) is 64.3 Å². The van der Waals surface area contributed by atoms with Gasteiger partial charge in [-0.3, -0.25) is 13.9 Å². The lowest BCUT2D eigenvalue weighted by Gasteiger charge is -2.33. The molecule has 1 aliphatic carbocycles. The topological polar surface area (TPSA) is 96.0 Å². The van der Waals surface area contributed by atoms with E-state index < -0.39 is 28.5 Å². The minimum absolute atomic E-state index is 0.0533. The maximum atomic E-state index is 14.0. The van der Waals surface area contributed by atoms with E-state index in [2.05, 4.69) is 5.32 Å². The quantitative estimate of drug-likeness (QED) is 0.239. The molecule has 0 aromatic heterocycles. The summed E-state index contributed by atoms with van der Waals surface area (Å²) in [4.78, 5) is 28.9. The van der Waals surface area contributed by atoms with E-state index in [1.807, 2.05) is 37.3 Å². The van der Waals surface area contributed by atoms with Crippen LogP contribution in [0.1, 0.15) is 50.2 Å². The standard InChI is InChI=1S/C32H37Cl2N3O5S/c1-3-30(32(39)35-24-12-7-8-13-24)36(20-27-28(33)14-9-15-29(27)34)31(38)21-37(43(2,40)41)25-16-18-26(19-17-25)42-22-23-10-5-4-6-11-23/h4-6,9-11,14-19,24,30H,3,7-8,12-13,20-22H2,1-2H3,(H,35,39)/t30-/m0/s1. The van der Waals surface area contributed by atoms with Gasteiger partial charge in [-0.2, -0.15) is 0 Å². The zero-order valence-electron chi connectivity index (χ0n) is 24.3. The van der Waals surface area contributed by atoms with Crippen LogP contribution in [-0.2, 0) is 32.8 Å². The highest BCUT2D eigenvalue weighted by molar-refractivity contribution is 7.92.